The van der Waals surface area contributed by atoms with Gasteiger partial charge in [0, 0.05) is 19.2 Å². The molecule has 0 radical (unpaired) electrons. The van der Waals surface area contributed by atoms with Crippen LogP contribution in [0, 0.1) is 0 Å². The van der Waals surface area contributed by atoms with Crippen molar-refractivity contribution in [3.63, 3.8) is 0 Å². The van der Waals surface area contributed by atoms with E-state index in [1.54, 1.807) is 6.33 Å². The van der Waals surface area contributed by atoms with Crippen molar-refractivity contribution in [2.45, 2.75) is 33.6 Å². The average Bonchev–Trinajstić information content (AvgIpc) is 2.46. The molecule has 1 aromatic heterocycles. The second kappa shape index (κ2) is 8.69. The minimum absolute atomic E-state index is 0.920. The lowest BCUT2D eigenvalue weighted by Crippen LogP contribution is -2.25. The summed E-state index contributed by atoms with van der Waals surface area (Å²) in [6.07, 6.45) is 3.66. The summed E-state index contributed by atoms with van der Waals surface area (Å²) in [4.78, 5) is 11.0. The fraction of sp³-hybridized carbons (Fsp3) is 0.714. The Labute approximate surface area is 116 Å². The van der Waals surface area contributed by atoms with E-state index in [0.717, 1.165) is 56.2 Å². The van der Waals surface area contributed by atoms with Crippen LogP contribution in [0.5, 0.6) is 0 Å². The van der Waals surface area contributed by atoms with Gasteiger partial charge in [-0.3, -0.25) is 0 Å². The molecule has 0 fully saturated rings. The van der Waals surface area contributed by atoms with Crippen LogP contribution in [0.25, 0.3) is 0 Å². The van der Waals surface area contributed by atoms with Crippen LogP contribution in [0.3, 0.4) is 0 Å². The Balaban J connectivity index is 2.49. The number of hydrogen-bond donors (Lipinski definition) is 2. The molecule has 0 aliphatic rings. The zero-order valence-corrected chi connectivity index (χ0v) is 12.7. The molecule has 0 amide bonds. The van der Waals surface area contributed by atoms with Crippen molar-refractivity contribution in [1.82, 2.24) is 14.9 Å². The van der Waals surface area contributed by atoms with Gasteiger partial charge in [-0.1, -0.05) is 20.8 Å². The molecule has 0 saturated carbocycles. The van der Waals surface area contributed by atoms with Gasteiger partial charge in [0.1, 0.15) is 18.0 Å². The van der Waals surface area contributed by atoms with E-state index in [9.17, 15) is 0 Å². The summed E-state index contributed by atoms with van der Waals surface area (Å²) < 4.78 is 0. The van der Waals surface area contributed by atoms with E-state index in [4.69, 9.17) is 0 Å². The number of rotatable bonds is 9. The van der Waals surface area contributed by atoms with Gasteiger partial charge in [0.15, 0.2) is 0 Å². The molecule has 0 spiro atoms. The van der Waals surface area contributed by atoms with Gasteiger partial charge in [0.25, 0.3) is 0 Å². The molecule has 5 heteroatoms. The van der Waals surface area contributed by atoms with Crippen LogP contribution in [0.15, 0.2) is 6.33 Å². The number of anilines is 2. The predicted octanol–water partition coefficient (Wildman–Crippen LogP) is 2.22. The maximum Gasteiger partial charge on any atom is 0.134 e. The quantitative estimate of drug-likeness (QED) is 0.671. The molecule has 0 unspecified atom stereocenters. The summed E-state index contributed by atoms with van der Waals surface area (Å²) in [6, 6.07) is 0. The Hall–Kier alpha value is -1.36. The van der Waals surface area contributed by atoms with E-state index in [-0.39, 0.29) is 0 Å². The van der Waals surface area contributed by atoms with Crippen molar-refractivity contribution in [2.24, 2.45) is 0 Å². The van der Waals surface area contributed by atoms with Crippen molar-refractivity contribution < 1.29 is 0 Å². The molecular weight excluding hydrogens is 238 g/mol. The van der Waals surface area contributed by atoms with E-state index in [1.807, 2.05) is 7.05 Å². The highest BCUT2D eigenvalue weighted by atomic mass is 15.1. The Morgan fingerprint density at radius 3 is 2.37 bits per heavy atom. The standard InChI is InChI=1S/C14H27N5/c1-5-12-13(15-4)17-11-18-14(12)16-9-8-10-19(6-2)7-3/h11H,5-10H2,1-4H3,(H2,15,16,17,18). The molecule has 0 aliphatic heterocycles. The van der Waals surface area contributed by atoms with Crippen LogP contribution in [0.4, 0.5) is 11.6 Å². The molecule has 108 valence electrons. The summed E-state index contributed by atoms with van der Waals surface area (Å²) >= 11 is 0. The lowest BCUT2D eigenvalue weighted by atomic mass is 10.2. The van der Waals surface area contributed by atoms with Crippen LogP contribution in [-0.4, -0.2) is 48.1 Å². The van der Waals surface area contributed by atoms with E-state index in [1.165, 1.54) is 0 Å². The largest absolute Gasteiger partial charge is 0.373 e. The highest BCUT2D eigenvalue weighted by Crippen LogP contribution is 2.19. The molecule has 0 saturated heterocycles. The molecule has 2 N–H and O–H groups in total. The second-order valence-electron chi connectivity index (χ2n) is 4.46. The minimum atomic E-state index is 0.920. The fourth-order valence-corrected chi connectivity index (χ4v) is 2.16. The summed E-state index contributed by atoms with van der Waals surface area (Å²) in [5.74, 6) is 1.88. The smallest absolute Gasteiger partial charge is 0.134 e. The van der Waals surface area contributed by atoms with Gasteiger partial charge in [0.05, 0.1) is 0 Å². The predicted molar refractivity (Wildman–Crippen MR) is 81.9 cm³/mol. The first-order valence-corrected chi connectivity index (χ1v) is 7.24. The number of hydrogen-bond acceptors (Lipinski definition) is 5. The number of nitrogens with one attached hydrogen (secondary N) is 2. The van der Waals surface area contributed by atoms with Gasteiger partial charge in [-0.25, -0.2) is 9.97 Å². The molecule has 19 heavy (non-hydrogen) atoms. The van der Waals surface area contributed by atoms with Crippen molar-refractivity contribution in [1.29, 1.82) is 0 Å². The first kappa shape index (κ1) is 15.7. The summed E-state index contributed by atoms with van der Waals surface area (Å²) in [5, 5.41) is 6.54. The van der Waals surface area contributed by atoms with Gasteiger partial charge in [-0.2, -0.15) is 0 Å². The fourth-order valence-electron chi connectivity index (χ4n) is 2.16. The molecular formula is C14H27N5. The van der Waals surface area contributed by atoms with E-state index in [2.05, 4.69) is 46.3 Å². The highest BCUT2D eigenvalue weighted by molar-refractivity contribution is 5.56. The van der Waals surface area contributed by atoms with Crippen molar-refractivity contribution in [2.75, 3.05) is 43.9 Å². The van der Waals surface area contributed by atoms with Crippen LogP contribution in [0.1, 0.15) is 32.8 Å². The van der Waals surface area contributed by atoms with E-state index >= 15 is 0 Å². The topological polar surface area (TPSA) is 53.1 Å². The number of nitrogens with zero attached hydrogens (tertiary/aromatic N) is 3. The van der Waals surface area contributed by atoms with Gasteiger partial charge in [-0.15, -0.1) is 0 Å². The van der Waals surface area contributed by atoms with Gasteiger partial charge in [0.2, 0.25) is 0 Å². The molecule has 0 aromatic carbocycles. The third-order valence-electron chi connectivity index (χ3n) is 3.37. The summed E-state index contributed by atoms with van der Waals surface area (Å²) in [7, 11) is 1.89. The lowest BCUT2D eigenvalue weighted by molar-refractivity contribution is 0.303. The van der Waals surface area contributed by atoms with Crippen LogP contribution in [-0.2, 0) is 6.42 Å². The molecule has 0 bridgehead atoms. The average molecular weight is 265 g/mol. The Kier molecular flexibility index (Phi) is 7.18. The lowest BCUT2D eigenvalue weighted by Gasteiger charge is -2.18. The normalized spacial score (nSPS) is 10.8. The summed E-state index contributed by atoms with van der Waals surface area (Å²) in [6.45, 7) is 10.9. The number of aromatic nitrogens is 2. The molecule has 0 atom stereocenters. The van der Waals surface area contributed by atoms with Crippen molar-refractivity contribution in [3.8, 4) is 0 Å². The van der Waals surface area contributed by atoms with Crippen LogP contribution >= 0.6 is 0 Å². The molecule has 1 rings (SSSR count). The summed E-state index contributed by atoms with van der Waals surface area (Å²) in [5.41, 5.74) is 1.16. The third-order valence-corrected chi connectivity index (χ3v) is 3.37. The van der Waals surface area contributed by atoms with E-state index < -0.39 is 0 Å². The molecule has 1 heterocycles. The Morgan fingerprint density at radius 1 is 1.11 bits per heavy atom. The van der Waals surface area contributed by atoms with E-state index in [0.29, 0.717) is 0 Å². The van der Waals surface area contributed by atoms with Crippen molar-refractivity contribution in [3.05, 3.63) is 11.9 Å². The highest BCUT2D eigenvalue weighted by Gasteiger charge is 2.08. The van der Waals surface area contributed by atoms with Gasteiger partial charge < -0.3 is 15.5 Å². The zero-order chi connectivity index (χ0) is 14.1. The minimum Gasteiger partial charge on any atom is -0.373 e. The van der Waals surface area contributed by atoms with Crippen LogP contribution in [0.2, 0.25) is 0 Å². The Morgan fingerprint density at radius 2 is 1.79 bits per heavy atom. The SMILES string of the molecule is CCc1c(NC)ncnc1NCCCN(CC)CC. The maximum atomic E-state index is 4.34. The van der Waals surface area contributed by atoms with Crippen LogP contribution < -0.4 is 10.6 Å². The van der Waals surface area contributed by atoms with Gasteiger partial charge >= 0.3 is 0 Å². The molecule has 1 aromatic rings. The van der Waals surface area contributed by atoms with Crippen molar-refractivity contribution >= 4 is 11.6 Å². The molecule has 5 nitrogen and oxygen atoms in total. The first-order chi connectivity index (χ1) is 9.26. The molecule has 0 aliphatic carbocycles. The Bertz CT molecular complexity index is 363. The monoisotopic (exact) mass is 265 g/mol. The third kappa shape index (κ3) is 4.67. The first-order valence-electron chi connectivity index (χ1n) is 7.24. The maximum absolute atomic E-state index is 4.34. The van der Waals surface area contributed by atoms with Gasteiger partial charge in [-0.05, 0) is 32.5 Å². The second-order valence-corrected chi connectivity index (χ2v) is 4.46. The zero-order valence-electron chi connectivity index (χ0n) is 12.7.